The summed E-state index contributed by atoms with van der Waals surface area (Å²) in [5.41, 5.74) is -0.839. The van der Waals surface area contributed by atoms with Gasteiger partial charge in [-0.3, -0.25) is 0 Å². The van der Waals surface area contributed by atoms with Crippen molar-refractivity contribution in [3.8, 4) is 0 Å². The van der Waals surface area contributed by atoms with Crippen LogP contribution < -0.4 is 0 Å². The Kier molecular flexibility index (Phi) is 5.02. The zero-order chi connectivity index (χ0) is 16.3. The van der Waals surface area contributed by atoms with Gasteiger partial charge >= 0.3 is 5.97 Å². The Morgan fingerprint density at radius 2 is 1.87 bits per heavy atom. The predicted molar refractivity (Wildman–Crippen MR) is 88.9 cm³/mol. The molecule has 1 aliphatic heterocycles. The molecule has 2 aliphatic rings. The maximum absolute atomic E-state index is 12.9. The predicted octanol–water partition coefficient (Wildman–Crippen LogP) is 2.70. The molecule has 0 aromatic heterocycles. The second-order valence-corrected chi connectivity index (χ2v) is 7.05. The number of hydrogen-bond donors (Lipinski definition) is 1. The molecule has 2 atom stereocenters. The Labute approximate surface area is 138 Å². The largest absolute Gasteiger partial charge is 0.459 e. The van der Waals surface area contributed by atoms with Crippen LogP contribution in [0.3, 0.4) is 0 Å². The number of likely N-dealkylation sites (tertiary alicyclic amines) is 1. The van der Waals surface area contributed by atoms with Crippen LogP contribution in [0.15, 0.2) is 30.3 Å². The molecule has 1 heterocycles. The third-order valence-corrected chi connectivity index (χ3v) is 5.33. The summed E-state index contributed by atoms with van der Waals surface area (Å²) in [5.74, 6) is -0.505. The number of esters is 1. The number of piperidine rings is 1. The molecule has 1 N–H and O–H groups in total. The van der Waals surface area contributed by atoms with Gasteiger partial charge in [-0.25, -0.2) is 4.79 Å². The summed E-state index contributed by atoms with van der Waals surface area (Å²) in [6.45, 7) is 1.79. The molecule has 0 spiro atoms. The van der Waals surface area contributed by atoms with E-state index in [1.165, 1.54) is 0 Å². The first-order valence-electron chi connectivity index (χ1n) is 8.78. The van der Waals surface area contributed by atoms with Crippen molar-refractivity contribution in [3.05, 3.63) is 35.9 Å². The number of likely N-dealkylation sites (N-methyl/N-ethyl adjacent to an activating group) is 1. The van der Waals surface area contributed by atoms with Gasteiger partial charge in [-0.1, -0.05) is 43.2 Å². The van der Waals surface area contributed by atoms with Crippen molar-refractivity contribution >= 4 is 5.97 Å². The zero-order valence-corrected chi connectivity index (χ0v) is 13.9. The standard InChI is InChI=1S/C19H27NO3/c1-20-13-7-12-17(14-20)23-18(21)19(22,16-10-5-6-11-16)15-8-3-2-4-9-15/h2-4,8-9,16-17,22H,5-7,10-14H2,1H3/t17-,19+/m0/s1. The molecular weight excluding hydrogens is 290 g/mol. The molecule has 1 saturated heterocycles. The Hall–Kier alpha value is -1.39. The van der Waals surface area contributed by atoms with Gasteiger partial charge in [0.05, 0.1) is 0 Å². The second-order valence-electron chi connectivity index (χ2n) is 7.05. The van der Waals surface area contributed by atoms with Crippen molar-refractivity contribution in [1.82, 2.24) is 4.90 Å². The van der Waals surface area contributed by atoms with Gasteiger partial charge in [0.2, 0.25) is 0 Å². The van der Waals surface area contributed by atoms with E-state index >= 15 is 0 Å². The molecule has 0 bridgehead atoms. The number of nitrogens with zero attached hydrogens (tertiary/aromatic N) is 1. The van der Waals surface area contributed by atoms with E-state index in [0.29, 0.717) is 5.56 Å². The summed E-state index contributed by atoms with van der Waals surface area (Å²) in [5, 5.41) is 11.4. The highest BCUT2D eigenvalue weighted by Gasteiger charge is 2.48. The monoisotopic (exact) mass is 317 g/mol. The van der Waals surface area contributed by atoms with Crippen LogP contribution >= 0.6 is 0 Å². The van der Waals surface area contributed by atoms with Gasteiger partial charge in [0, 0.05) is 12.5 Å². The molecule has 0 unspecified atom stereocenters. The highest BCUT2D eigenvalue weighted by molar-refractivity contribution is 5.81. The van der Waals surface area contributed by atoms with Crippen molar-refractivity contribution in [2.45, 2.75) is 50.2 Å². The maximum Gasteiger partial charge on any atom is 0.343 e. The average Bonchev–Trinajstić information content (AvgIpc) is 3.10. The summed E-state index contributed by atoms with van der Waals surface area (Å²) in [4.78, 5) is 15.1. The molecule has 1 aromatic carbocycles. The minimum Gasteiger partial charge on any atom is -0.459 e. The molecule has 126 valence electrons. The fourth-order valence-electron chi connectivity index (χ4n) is 4.01. The molecule has 4 nitrogen and oxygen atoms in total. The van der Waals surface area contributed by atoms with Gasteiger partial charge in [0.25, 0.3) is 0 Å². The first kappa shape index (κ1) is 16.5. The summed E-state index contributed by atoms with van der Waals surface area (Å²) in [6.07, 6.45) is 5.69. The number of rotatable bonds is 4. The summed E-state index contributed by atoms with van der Waals surface area (Å²) in [7, 11) is 2.04. The van der Waals surface area contributed by atoms with Crippen molar-refractivity contribution in [1.29, 1.82) is 0 Å². The Morgan fingerprint density at radius 3 is 2.52 bits per heavy atom. The van der Waals surface area contributed by atoms with Gasteiger partial charge < -0.3 is 14.7 Å². The molecule has 23 heavy (non-hydrogen) atoms. The second kappa shape index (κ2) is 7.02. The topological polar surface area (TPSA) is 49.8 Å². The van der Waals surface area contributed by atoms with E-state index in [4.69, 9.17) is 4.74 Å². The van der Waals surface area contributed by atoms with Crippen molar-refractivity contribution < 1.29 is 14.6 Å². The fraction of sp³-hybridized carbons (Fsp3) is 0.632. The van der Waals surface area contributed by atoms with Crippen LogP contribution in [0.2, 0.25) is 0 Å². The van der Waals surface area contributed by atoms with Crippen molar-refractivity contribution in [2.24, 2.45) is 5.92 Å². The van der Waals surface area contributed by atoms with Gasteiger partial charge in [-0.2, -0.15) is 0 Å². The molecule has 4 heteroatoms. The molecule has 2 fully saturated rings. The van der Waals surface area contributed by atoms with E-state index in [9.17, 15) is 9.90 Å². The maximum atomic E-state index is 12.9. The normalized spacial score (nSPS) is 25.9. The molecule has 0 radical (unpaired) electrons. The lowest BCUT2D eigenvalue weighted by Crippen LogP contribution is -2.47. The lowest BCUT2D eigenvalue weighted by molar-refractivity contribution is -0.181. The van der Waals surface area contributed by atoms with E-state index < -0.39 is 11.6 Å². The van der Waals surface area contributed by atoms with Crippen LogP contribution in [-0.4, -0.2) is 42.2 Å². The van der Waals surface area contributed by atoms with E-state index in [0.717, 1.165) is 51.6 Å². The van der Waals surface area contributed by atoms with E-state index in [1.807, 2.05) is 37.4 Å². The van der Waals surface area contributed by atoms with E-state index in [2.05, 4.69) is 4.90 Å². The molecule has 3 rings (SSSR count). The third kappa shape index (κ3) is 3.43. The Morgan fingerprint density at radius 1 is 1.17 bits per heavy atom. The van der Waals surface area contributed by atoms with E-state index in [1.54, 1.807) is 0 Å². The number of ether oxygens (including phenoxy) is 1. The summed E-state index contributed by atoms with van der Waals surface area (Å²) < 4.78 is 5.76. The van der Waals surface area contributed by atoms with Gasteiger partial charge in [0.1, 0.15) is 6.10 Å². The van der Waals surface area contributed by atoms with Crippen LogP contribution in [0.25, 0.3) is 0 Å². The van der Waals surface area contributed by atoms with Crippen LogP contribution in [0.1, 0.15) is 44.1 Å². The van der Waals surface area contributed by atoms with Crippen LogP contribution in [0, 0.1) is 5.92 Å². The first-order valence-corrected chi connectivity index (χ1v) is 8.78. The molecule has 1 saturated carbocycles. The lowest BCUT2D eigenvalue weighted by atomic mass is 9.80. The SMILES string of the molecule is CN1CCC[C@H](OC(=O)[C@@](O)(c2ccccc2)C2CCCC2)C1. The van der Waals surface area contributed by atoms with Gasteiger partial charge in [-0.05, 0) is 44.8 Å². The van der Waals surface area contributed by atoms with E-state index in [-0.39, 0.29) is 12.0 Å². The van der Waals surface area contributed by atoms with Gasteiger partial charge in [-0.15, -0.1) is 0 Å². The highest BCUT2D eigenvalue weighted by atomic mass is 16.6. The number of aliphatic hydroxyl groups is 1. The minimum absolute atomic E-state index is 0.0429. The lowest BCUT2D eigenvalue weighted by Gasteiger charge is -2.36. The number of carbonyl (C=O) groups excluding carboxylic acids is 1. The van der Waals surface area contributed by atoms with Crippen molar-refractivity contribution in [2.75, 3.05) is 20.1 Å². The minimum atomic E-state index is -1.51. The average molecular weight is 317 g/mol. The zero-order valence-electron chi connectivity index (χ0n) is 13.9. The number of hydrogen-bond acceptors (Lipinski definition) is 4. The van der Waals surface area contributed by atoms with Crippen molar-refractivity contribution in [3.63, 3.8) is 0 Å². The molecule has 0 amide bonds. The fourth-order valence-corrected chi connectivity index (χ4v) is 4.01. The molecule has 1 aromatic rings. The Balaban J connectivity index is 1.81. The smallest absolute Gasteiger partial charge is 0.343 e. The van der Waals surface area contributed by atoms with Crippen LogP contribution in [0.5, 0.6) is 0 Å². The van der Waals surface area contributed by atoms with Crippen LogP contribution in [0.4, 0.5) is 0 Å². The Bertz CT molecular complexity index is 527. The first-order chi connectivity index (χ1) is 11.1. The molecular formula is C19H27NO3. The molecule has 1 aliphatic carbocycles. The number of carbonyl (C=O) groups is 1. The van der Waals surface area contributed by atoms with Crippen LogP contribution in [-0.2, 0) is 15.1 Å². The number of benzene rings is 1. The quantitative estimate of drug-likeness (QED) is 0.868. The summed E-state index contributed by atoms with van der Waals surface area (Å²) >= 11 is 0. The third-order valence-electron chi connectivity index (χ3n) is 5.33. The van der Waals surface area contributed by atoms with Gasteiger partial charge in [0.15, 0.2) is 5.60 Å². The summed E-state index contributed by atoms with van der Waals surface area (Å²) in [6, 6.07) is 9.33. The highest BCUT2D eigenvalue weighted by Crippen LogP contribution is 2.41.